The molecule has 20 heavy (non-hydrogen) atoms. The number of hydrogen-bond acceptors (Lipinski definition) is 3. The summed E-state index contributed by atoms with van der Waals surface area (Å²) in [5.74, 6) is -0.184. The molecule has 1 saturated heterocycles. The molecule has 1 aliphatic heterocycles. The third-order valence-corrected chi connectivity index (χ3v) is 4.37. The maximum Gasteiger partial charge on any atom is 0.123 e. The van der Waals surface area contributed by atoms with E-state index in [-0.39, 0.29) is 11.2 Å². The van der Waals surface area contributed by atoms with Crippen LogP contribution in [0.3, 0.4) is 0 Å². The first-order valence-electron chi connectivity index (χ1n) is 7.45. The van der Waals surface area contributed by atoms with E-state index in [1.165, 1.54) is 25.0 Å². The number of nitrogens with one attached hydrogen (secondary N) is 1. The zero-order valence-electron chi connectivity index (χ0n) is 12.1. The lowest BCUT2D eigenvalue weighted by atomic mass is 9.86. The molecule has 1 heterocycles. The van der Waals surface area contributed by atoms with E-state index < -0.39 is 0 Å². The number of benzene rings is 1. The van der Waals surface area contributed by atoms with Crippen LogP contribution in [0.4, 0.5) is 10.1 Å². The molecular weight excluding hydrogens is 255 g/mol. The second-order valence-electron chi connectivity index (χ2n) is 6.29. The van der Waals surface area contributed by atoms with Crippen LogP contribution in [0.1, 0.15) is 19.3 Å². The Morgan fingerprint density at radius 2 is 2.10 bits per heavy atom. The standard InChI is InChI=1S/C16H23FN2O/c1-19(15-6-2-13(17)3-7-15)11-16(8-9-20-12-16)10-18-14-4-5-14/h2-3,6-7,14,18H,4-5,8-12H2,1H3. The minimum atomic E-state index is -0.184. The fraction of sp³-hybridized carbons (Fsp3) is 0.625. The van der Waals surface area contributed by atoms with Crippen LogP contribution in [-0.2, 0) is 4.74 Å². The molecule has 3 nitrogen and oxygen atoms in total. The van der Waals surface area contributed by atoms with Gasteiger partial charge in [-0.25, -0.2) is 4.39 Å². The molecule has 1 aromatic rings. The summed E-state index contributed by atoms with van der Waals surface area (Å²) in [6.45, 7) is 3.63. The molecule has 0 bridgehead atoms. The van der Waals surface area contributed by atoms with Gasteiger partial charge in [0.25, 0.3) is 0 Å². The SMILES string of the molecule is CN(CC1(CNC2CC2)CCOC1)c1ccc(F)cc1. The lowest BCUT2D eigenvalue weighted by Gasteiger charge is -2.33. The minimum Gasteiger partial charge on any atom is -0.381 e. The van der Waals surface area contributed by atoms with Crippen molar-refractivity contribution in [2.75, 3.05) is 38.3 Å². The summed E-state index contributed by atoms with van der Waals surface area (Å²) in [7, 11) is 2.07. The van der Waals surface area contributed by atoms with E-state index in [0.717, 1.165) is 44.5 Å². The predicted octanol–water partition coefficient (Wildman–Crippen LogP) is 2.42. The summed E-state index contributed by atoms with van der Waals surface area (Å²) in [5.41, 5.74) is 1.25. The minimum absolute atomic E-state index is 0.184. The molecule has 1 N–H and O–H groups in total. The van der Waals surface area contributed by atoms with Crippen molar-refractivity contribution in [1.82, 2.24) is 5.32 Å². The fourth-order valence-electron chi connectivity index (χ4n) is 2.91. The van der Waals surface area contributed by atoms with Gasteiger partial charge in [-0.1, -0.05) is 0 Å². The Labute approximate surface area is 120 Å². The molecular formula is C16H23FN2O. The molecule has 0 aromatic heterocycles. The fourth-order valence-corrected chi connectivity index (χ4v) is 2.91. The number of nitrogens with zero attached hydrogens (tertiary/aromatic N) is 1. The van der Waals surface area contributed by atoms with Gasteiger partial charge in [0, 0.05) is 43.9 Å². The second kappa shape index (κ2) is 5.70. The first-order valence-corrected chi connectivity index (χ1v) is 7.45. The Bertz CT molecular complexity index is 438. The van der Waals surface area contributed by atoms with Gasteiger partial charge in [0.05, 0.1) is 6.61 Å². The molecule has 3 rings (SSSR count). The largest absolute Gasteiger partial charge is 0.381 e. The lowest BCUT2D eigenvalue weighted by molar-refractivity contribution is 0.152. The molecule has 1 unspecified atom stereocenters. The summed E-state index contributed by atoms with van der Waals surface area (Å²) in [5, 5.41) is 3.64. The first kappa shape index (κ1) is 13.8. The van der Waals surface area contributed by atoms with Gasteiger partial charge in [-0.15, -0.1) is 0 Å². The van der Waals surface area contributed by atoms with Crippen molar-refractivity contribution in [1.29, 1.82) is 0 Å². The molecule has 1 aromatic carbocycles. The maximum absolute atomic E-state index is 13.0. The van der Waals surface area contributed by atoms with Crippen molar-refractivity contribution >= 4 is 5.69 Å². The van der Waals surface area contributed by atoms with Crippen molar-refractivity contribution in [2.45, 2.75) is 25.3 Å². The highest BCUT2D eigenvalue weighted by Crippen LogP contribution is 2.32. The smallest absolute Gasteiger partial charge is 0.123 e. The Morgan fingerprint density at radius 1 is 1.35 bits per heavy atom. The van der Waals surface area contributed by atoms with E-state index in [4.69, 9.17) is 4.74 Å². The van der Waals surface area contributed by atoms with Crippen LogP contribution in [0, 0.1) is 11.2 Å². The number of halogens is 1. The monoisotopic (exact) mass is 278 g/mol. The summed E-state index contributed by atoms with van der Waals surface area (Å²) >= 11 is 0. The number of hydrogen-bond donors (Lipinski definition) is 1. The first-order chi connectivity index (χ1) is 9.67. The molecule has 4 heteroatoms. The highest BCUT2D eigenvalue weighted by Gasteiger charge is 2.37. The number of rotatable bonds is 6. The van der Waals surface area contributed by atoms with Crippen LogP contribution in [0.2, 0.25) is 0 Å². The van der Waals surface area contributed by atoms with Crippen molar-refractivity contribution in [3.8, 4) is 0 Å². The molecule has 0 amide bonds. The van der Waals surface area contributed by atoms with E-state index in [9.17, 15) is 4.39 Å². The van der Waals surface area contributed by atoms with Crippen molar-refractivity contribution in [3.63, 3.8) is 0 Å². The van der Waals surface area contributed by atoms with Crippen molar-refractivity contribution in [3.05, 3.63) is 30.1 Å². The van der Waals surface area contributed by atoms with E-state index >= 15 is 0 Å². The van der Waals surface area contributed by atoms with Gasteiger partial charge in [-0.05, 0) is 43.5 Å². The Morgan fingerprint density at radius 3 is 2.70 bits per heavy atom. The van der Waals surface area contributed by atoms with Gasteiger partial charge in [0.2, 0.25) is 0 Å². The molecule has 2 fully saturated rings. The van der Waals surface area contributed by atoms with Gasteiger partial charge in [0.15, 0.2) is 0 Å². The van der Waals surface area contributed by atoms with E-state index in [1.807, 2.05) is 12.1 Å². The van der Waals surface area contributed by atoms with E-state index in [1.54, 1.807) is 0 Å². The van der Waals surface area contributed by atoms with Crippen LogP contribution in [0.25, 0.3) is 0 Å². The molecule has 0 spiro atoms. The van der Waals surface area contributed by atoms with Crippen molar-refractivity contribution < 1.29 is 9.13 Å². The van der Waals surface area contributed by atoms with Gasteiger partial charge in [-0.2, -0.15) is 0 Å². The zero-order valence-corrected chi connectivity index (χ0v) is 12.1. The molecule has 0 radical (unpaired) electrons. The molecule has 2 aliphatic rings. The van der Waals surface area contributed by atoms with Gasteiger partial charge in [0.1, 0.15) is 5.82 Å². The third kappa shape index (κ3) is 3.30. The van der Waals surface area contributed by atoms with Gasteiger partial charge >= 0.3 is 0 Å². The molecule has 1 saturated carbocycles. The predicted molar refractivity (Wildman–Crippen MR) is 78.6 cm³/mol. The van der Waals surface area contributed by atoms with E-state index in [2.05, 4.69) is 17.3 Å². The van der Waals surface area contributed by atoms with Crippen molar-refractivity contribution in [2.24, 2.45) is 5.41 Å². The summed E-state index contributed by atoms with van der Waals surface area (Å²) in [6, 6.07) is 7.45. The van der Waals surface area contributed by atoms with Gasteiger partial charge in [-0.3, -0.25) is 0 Å². The summed E-state index contributed by atoms with van der Waals surface area (Å²) in [4.78, 5) is 2.21. The Balaban J connectivity index is 1.63. The van der Waals surface area contributed by atoms with Crippen LogP contribution < -0.4 is 10.2 Å². The number of ether oxygens (including phenoxy) is 1. The lowest BCUT2D eigenvalue weighted by Crippen LogP contribution is -2.44. The highest BCUT2D eigenvalue weighted by molar-refractivity contribution is 5.45. The third-order valence-electron chi connectivity index (χ3n) is 4.37. The Hall–Kier alpha value is -1.13. The van der Waals surface area contributed by atoms with Crippen LogP contribution in [0.15, 0.2) is 24.3 Å². The van der Waals surface area contributed by atoms with Gasteiger partial charge < -0.3 is 15.0 Å². The zero-order chi connectivity index (χ0) is 14.0. The Kier molecular flexibility index (Phi) is 3.94. The normalized spacial score (nSPS) is 25.9. The topological polar surface area (TPSA) is 24.5 Å². The maximum atomic E-state index is 13.0. The summed E-state index contributed by atoms with van der Waals surface area (Å²) in [6.07, 6.45) is 3.72. The summed E-state index contributed by atoms with van der Waals surface area (Å²) < 4.78 is 18.6. The van der Waals surface area contributed by atoms with E-state index in [0.29, 0.717) is 0 Å². The highest BCUT2D eigenvalue weighted by atomic mass is 19.1. The average molecular weight is 278 g/mol. The molecule has 1 atom stereocenters. The van der Waals surface area contributed by atoms with Crippen LogP contribution >= 0.6 is 0 Å². The van der Waals surface area contributed by atoms with Crippen LogP contribution in [-0.4, -0.2) is 39.4 Å². The van der Waals surface area contributed by atoms with Crippen LogP contribution in [0.5, 0.6) is 0 Å². The quantitative estimate of drug-likeness (QED) is 0.865. The molecule has 110 valence electrons. The molecule has 1 aliphatic carbocycles. The average Bonchev–Trinajstić information content (AvgIpc) is 3.17. The second-order valence-corrected chi connectivity index (χ2v) is 6.29. The number of anilines is 1.